The predicted molar refractivity (Wildman–Crippen MR) is 83.9 cm³/mol. The third kappa shape index (κ3) is 4.40. The quantitative estimate of drug-likeness (QED) is 0.903. The van der Waals surface area contributed by atoms with Crippen LogP contribution in [-0.4, -0.2) is 60.7 Å². The number of morpholine rings is 1. The first-order chi connectivity index (χ1) is 10.3. The zero-order chi connectivity index (χ0) is 14.5. The Morgan fingerprint density at radius 3 is 2.90 bits per heavy atom. The number of likely N-dealkylation sites (tertiary alicyclic amines) is 1. The second-order valence-corrected chi connectivity index (χ2v) is 6.25. The number of rotatable bonds is 4. The number of nitrogen functional groups attached to an aromatic ring is 1. The topological polar surface area (TPSA) is 54.6 Å². The standard InChI is InChI=1S/C16H26N4O/c17-16-10-14(3-4-18-16)11-20-5-1-2-15(13-20)12-19-6-8-21-9-7-19/h3-4,10,15H,1-2,5-9,11-13H2,(H2,17,18). The fraction of sp³-hybridized carbons (Fsp3) is 0.688. The second kappa shape index (κ2) is 7.20. The van der Waals surface area contributed by atoms with Gasteiger partial charge in [0.1, 0.15) is 5.82 Å². The molecule has 116 valence electrons. The van der Waals surface area contributed by atoms with Crippen molar-refractivity contribution in [3.05, 3.63) is 23.9 Å². The van der Waals surface area contributed by atoms with Crippen LogP contribution in [0.15, 0.2) is 18.3 Å². The van der Waals surface area contributed by atoms with Gasteiger partial charge in [-0.15, -0.1) is 0 Å². The molecular weight excluding hydrogens is 264 g/mol. The Hall–Kier alpha value is -1.17. The van der Waals surface area contributed by atoms with Gasteiger partial charge in [0, 0.05) is 38.9 Å². The molecule has 0 amide bonds. The smallest absolute Gasteiger partial charge is 0.123 e. The highest BCUT2D eigenvalue weighted by Gasteiger charge is 2.23. The fourth-order valence-corrected chi connectivity index (χ4v) is 3.44. The summed E-state index contributed by atoms with van der Waals surface area (Å²) in [6.45, 7) is 8.58. The molecule has 0 saturated carbocycles. The molecule has 5 nitrogen and oxygen atoms in total. The minimum absolute atomic E-state index is 0.620. The Morgan fingerprint density at radius 2 is 2.10 bits per heavy atom. The lowest BCUT2D eigenvalue weighted by molar-refractivity contribution is 0.0224. The fourth-order valence-electron chi connectivity index (χ4n) is 3.44. The summed E-state index contributed by atoms with van der Waals surface area (Å²) >= 11 is 0. The molecule has 1 unspecified atom stereocenters. The Labute approximate surface area is 127 Å². The van der Waals surface area contributed by atoms with Crippen molar-refractivity contribution >= 4 is 5.82 Å². The molecule has 0 spiro atoms. The lowest BCUT2D eigenvalue weighted by Gasteiger charge is -2.36. The average molecular weight is 290 g/mol. The number of hydrogen-bond donors (Lipinski definition) is 1. The third-order valence-electron chi connectivity index (χ3n) is 4.47. The molecule has 0 bridgehead atoms. The molecule has 21 heavy (non-hydrogen) atoms. The molecule has 2 N–H and O–H groups in total. The number of aromatic nitrogens is 1. The lowest BCUT2D eigenvalue weighted by Crippen LogP contribution is -2.44. The number of nitrogens with two attached hydrogens (primary N) is 1. The summed E-state index contributed by atoms with van der Waals surface area (Å²) in [5, 5.41) is 0. The van der Waals surface area contributed by atoms with E-state index in [0.29, 0.717) is 5.82 Å². The number of nitrogens with zero attached hydrogens (tertiary/aromatic N) is 3. The molecule has 2 aliphatic heterocycles. The summed E-state index contributed by atoms with van der Waals surface area (Å²) in [4.78, 5) is 9.18. The van der Waals surface area contributed by atoms with Gasteiger partial charge in [-0.05, 0) is 43.0 Å². The van der Waals surface area contributed by atoms with Gasteiger partial charge in [-0.2, -0.15) is 0 Å². The van der Waals surface area contributed by atoms with E-state index in [4.69, 9.17) is 10.5 Å². The zero-order valence-corrected chi connectivity index (χ0v) is 12.7. The van der Waals surface area contributed by atoms with Crippen molar-refractivity contribution in [3.63, 3.8) is 0 Å². The van der Waals surface area contributed by atoms with Crippen LogP contribution in [0, 0.1) is 5.92 Å². The van der Waals surface area contributed by atoms with Crippen molar-refractivity contribution in [2.24, 2.45) is 5.92 Å². The summed E-state index contributed by atoms with van der Waals surface area (Å²) in [5.74, 6) is 1.41. The summed E-state index contributed by atoms with van der Waals surface area (Å²) in [5.41, 5.74) is 7.04. The summed E-state index contributed by atoms with van der Waals surface area (Å²) in [7, 11) is 0. The predicted octanol–water partition coefficient (Wildman–Crippen LogP) is 1.21. The molecule has 1 atom stereocenters. The van der Waals surface area contributed by atoms with Crippen LogP contribution in [0.5, 0.6) is 0 Å². The number of hydrogen-bond acceptors (Lipinski definition) is 5. The first-order valence-electron chi connectivity index (χ1n) is 8.02. The van der Waals surface area contributed by atoms with E-state index in [2.05, 4.69) is 20.9 Å². The SMILES string of the molecule is Nc1cc(CN2CCCC(CN3CCOCC3)C2)ccn1. The van der Waals surface area contributed by atoms with E-state index in [1.807, 2.05) is 6.07 Å². The van der Waals surface area contributed by atoms with Crippen molar-refractivity contribution in [2.75, 3.05) is 51.7 Å². The summed E-state index contributed by atoms with van der Waals surface area (Å²) in [6.07, 6.45) is 4.46. The van der Waals surface area contributed by atoms with E-state index in [0.717, 1.165) is 38.8 Å². The van der Waals surface area contributed by atoms with E-state index in [-0.39, 0.29) is 0 Å². The van der Waals surface area contributed by atoms with E-state index in [1.165, 1.54) is 38.0 Å². The van der Waals surface area contributed by atoms with Crippen LogP contribution in [0.2, 0.25) is 0 Å². The van der Waals surface area contributed by atoms with Crippen LogP contribution >= 0.6 is 0 Å². The van der Waals surface area contributed by atoms with Gasteiger partial charge >= 0.3 is 0 Å². The van der Waals surface area contributed by atoms with Crippen LogP contribution in [0.3, 0.4) is 0 Å². The van der Waals surface area contributed by atoms with Crippen LogP contribution in [0.1, 0.15) is 18.4 Å². The largest absolute Gasteiger partial charge is 0.384 e. The molecule has 5 heteroatoms. The molecule has 3 heterocycles. The van der Waals surface area contributed by atoms with E-state index in [1.54, 1.807) is 6.20 Å². The third-order valence-corrected chi connectivity index (χ3v) is 4.47. The van der Waals surface area contributed by atoms with Gasteiger partial charge in [0.25, 0.3) is 0 Å². The first-order valence-corrected chi connectivity index (χ1v) is 8.02. The zero-order valence-electron chi connectivity index (χ0n) is 12.7. The number of anilines is 1. The van der Waals surface area contributed by atoms with Gasteiger partial charge in [0.2, 0.25) is 0 Å². The van der Waals surface area contributed by atoms with Crippen molar-refractivity contribution in [1.82, 2.24) is 14.8 Å². The lowest BCUT2D eigenvalue weighted by atomic mass is 9.97. The van der Waals surface area contributed by atoms with Gasteiger partial charge < -0.3 is 10.5 Å². The summed E-state index contributed by atoms with van der Waals surface area (Å²) in [6, 6.07) is 4.06. The first kappa shape index (κ1) is 14.8. The monoisotopic (exact) mass is 290 g/mol. The molecule has 2 fully saturated rings. The Kier molecular flexibility index (Phi) is 5.06. The van der Waals surface area contributed by atoms with Crippen LogP contribution in [0.25, 0.3) is 0 Å². The number of piperidine rings is 1. The molecule has 0 radical (unpaired) electrons. The molecular formula is C16H26N4O. The Balaban J connectivity index is 1.50. The van der Waals surface area contributed by atoms with E-state index < -0.39 is 0 Å². The van der Waals surface area contributed by atoms with Crippen molar-refractivity contribution in [2.45, 2.75) is 19.4 Å². The van der Waals surface area contributed by atoms with Crippen molar-refractivity contribution in [1.29, 1.82) is 0 Å². The molecule has 2 aliphatic rings. The van der Waals surface area contributed by atoms with Crippen molar-refractivity contribution < 1.29 is 4.74 Å². The van der Waals surface area contributed by atoms with Gasteiger partial charge in [-0.1, -0.05) is 0 Å². The maximum atomic E-state index is 5.77. The van der Waals surface area contributed by atoms with Crippen molar-refractivity contribution in [3.8, 4) is 0 Å². The van der Waals surface area contributed by atoms with Gasteiger partial charge in [-0.3, -0.25) is 9.80 Å². The maximum absolute atomic E-state index is 5.77. The number of ether oxygens (including phenoxy) is 1. The Morgan fingerprint density at radius 1 is 1.24 bits per heavy atom. The van der Waals surface area contributed by atoms with Gasteiger partial charge in [-0.25, -0.2) is 4.98 Å². The number of pyridine rings is 1. The minimum Gasteiger partial charge on any atom is -0.384 e. The molecule has 2 saturated heterocycles. The average Bonchev–Trinajstić information content (AvgIpc) is 2.49. The molecule has 1 aromatic heterocycles. The van der Waals surface area contributed by atoms with Crippen LogP contribution in [-0.2, 0) is 11.3 Å². The van der Waals surface area contributed by atoms with Gasteiger partial charge in [0.05, 0.1) is 13.2 Å². The van der Waals surface area contributed by atoms with Crippen LogP contribution < -0.4 is 5.73 Å². The summed E-state index contributed by atoms with van der Waals surface area (Å²) < 4.78 is 5.43. The van der Waals surface area contributed by atoms with Gasteiger partial charge in [0.15, 0.2) is 0 Å². The maximum Gasteiger partial charge on any atom is 0.123 e. The van der Waals surface area contributed by atoms with E-state index >= 15 is 0 Å². The van der Waals surface area contributed by atoms with E-state index in [9.17, 15) is 0 Å². The highest BCUT2D eigenvalue weighted by atomic mass is 16.5. The molecule has 3 rings (SSSR count). The van der Waals surface area contributed by atoms with Crippen LogP contribution in [0.4, 0.5) is 5.82 Å². The highest BCUT2D eigenvalue weighted by molar-refractivity contribution is 5.31. The Bertz CT molecular complexity index is 448. The highest BCUT2D eigenvalue weighted by Crippen LogP contribution is 2.20. The molecule has 0 aromatic carbocycles. The molecule has 1 aromatic rings. The second-order valence-electron chi connectivity index (χ2n) is 6.25. The normalized spacial score (nSPS) is 25.0. The minimum atomic E-state index is 0.620. The molecule has 0 aliphatic carbocycles.